The van der Waals surface area contributed by atoms with E-state index in [1.165, 1.54) is 0 Å². The molecule has 190 valence electrons. The average Bonchev–Trinajstić information content (AvgIpc) is 3.19. The molecule has 0 aromatic heterocycles. The van der Waals surface area contributed by atoms with Gasteiger partial charge in [0.25, 0.3) is 11.8 Å². The standard InChI is InChI=1S/C29H21BrN2O4S2/c1-35-24-15-18(14-23(30)26(24)36-17-21-12-7-11-19-8-5-6-13-22(19)21)16-25-28(34)32(29(37)38-25)31-27(33)20-9-3-2-4-10-20/h2-16H,17H2,1H3,(H,31,33). The third-order valence-corrected chi connectivity index (χ3v) is 7.74. The second kappa shape index (κ2) is 11.4. The maximum atomic E-state index is 13.0. The molecule has 0 unspecified atom stereocenters. The molecule has 38 heavy (non-hydrogen) atoms. The SMILES string of the molecule is COc1cc(C=C2SC(=S)N(NC(=O)c3ccccc3)C2=O)cc(Br)c1OCc1cccc2ccccc12. The van der Waals surface area contributed by atoms with Gasteiger partial charge in [-0.15, -0.1) is 0 Å². The van der Waals surface area contributed by atoms with Crippen LogP contribution in [0.15, 0.2) is 94.3 Å². The molecule has 0 atom stereocenters. The molecule has 4 aromatic rings. The second-order valence-corrected chi connectivity index (χ2v) is 10.8. The summed E-state index contributed by atoms with van der Waals surface area (Å²) in [5.41, 5.74) is 4.78. The normalized spacial score (nSPS) is 14.3. The van der Waals surface area contributed by atoms with Crippen LogP contribution in [0.3, 0.4) is 0 Å². The van der Waals surface area contributed by atoms with Gasteiger partial charge >= 0.3 is 0 Å². The number of thioether (sulfide) groups is 1. The van der Waals surface area contributed by atoms with Crippen LogP contribution in [0.5, 0.6) is 11.5 Å². The van der Waals surface area contributed by atoms with Crippen LogP contribution in [-0.2, 0) is 11.4 Å². The van der Waals surface area contributed by atoms with Crippen LogP contribution in [0.25, 0.3) is 16.8 Å². The Morgan fingerprint density at radius 1 is 1.05 bits per heavy atom. The number of methoxy groups -OCH3 is 1. The Morgan fingerprint density at radius 2 is 1.79 bits per heavy atom. The molecule has 0 spiro atoms. The molecule has 2 amide bonds. The number of carbonyl (C=O) groups excluding carboxylic acids is 2. The first-order chi connectivity index (χ1) is 18.4. The van der Waals surface area contributed by atoms with Crippen molar-refractivity contribution < 1.29 is 19.1 Å². The summed E-state index contributed by atoms with van der Waals surface area (Å²) in [6, 6.07) is 26.5. The molecule has 1 aliphatic rings. The summed E-state index contributed by atoms with van der Waals surface area (Å²) in [7, 11) is 1.56. The second-order valence-electron chi connectivity index (χ2n) is 8.29. The molecular weight excluding hydrogens is 584 g/mol. The lowest BCUT2D eigenvalue weighted by atomic mass is 10.1. The van der Waals surface area contributed by atoms with Crippen LogP contribution in [0.4, 0.5) is 0 Å². The number of benzene rings is 4. The fourth-order valence-electron chi connectivity index (χ4n) is 4.00. The largest absolute Gasteiger partial charge is 0.493 e. The highest BCUT2D eigenvalue weighted by Crippen LogP contribution is 2.39. The maximum absolute atomic E-state index is 13.0. The summed E-state index contributed by atoms with van der Waals surface area (Å²) in [6.07, 6.45) is 1.70. The number of hydrogen-bond donors (Lipinski definition) is 1. The number of hydrazine groups is 1. The Balaban J connectivity index is 1.34. The van der Waals surface area contributed by atoms with E-state index in [-0.39, 0.29) is 4.32 Å². The minimum atomic E-state index is -0.416. The van der Waals surface area contributed by atoms with Crippen molar-refractivity contribution in [3.05, 3.63) is 111 Å². The molecule has 1 N–H and O–H groups in total. The summed E-state index contributed by atoms with van der Waals surface area (Å²) in [5.74, 6) is 0.245. The number of nitrogens with one attached hydrogen (secondary N) is 1. The number of nitrogens with zero attached hydrogens (tertiary/aromatic N) is 1. The highest BCUT2D eigenvalue weighted by molar-refractivity contribution is 9.10. The monoisotopic (exact) mass is 604 g/mol. The lowest BCUT2D eigenvalue weighted by molar-refractivity contribution is -0.123. The van der Waals surface area contributed by atoms with Gasteiger partial charge in [-0.2, -0.15) is 5.01 Å². The Labute approximate surface area is 237 Å². The van der Waals surface area contributed by atoms with E-state index < -0.39 is 11.8 Å². The van der Waals surface area contributed by atoms with Gasteiger partial charge in [-0.3, -0.25) is 15.0 Å². The smallest absolute Gasteiger partial charge is 0.285 e. The zero-order valence-corrected chi connectivity index (χ0v) is 23.4. The Kier molecular flexibility index (Phi) is 7.78. The summed E-state index contributed by atoms with van der Waals surface area (Å²) < 4.78 is 12.7. The number of amides is 2. The molecular formula is C29H21BrN2O4S2. The molecule has 6 nitrogen and oxygen atoms in total. The van der Waals surface area contributed by atoms with Crippen LogP contribution < -0.4 is 14.9 Å². The van der Waals surface area contributed by atoms with Crippen molar-refractivity contribution in [2.45, 2.75) is 6.61 Å². The molecule has 1 heterocycles. The topological polar surface area (TPSA) is 67.9 Å². The molecule has 1 fully saturated rings. The van der Waals surface area contributed by atoms with Gasteiger partial charge in [-0.05, 0) is 80.4 Å². The molecule has 0 radical (unpaired) electrons. The molecule has 5 rings (SSSR count). The van der Waals surface area contributed by atoms with Crippen molar-refractivity contribution in [3.8, 4) is 11.5 Å². The zero-order chi connectivity index (χ0) is 26.6. The predicted octanol–water partition coefficient (Wildman–Crippen LogP) is 6.74. The minimum Gasteiger partial charge on any atom is -0.493 e. The zero-order valence-electron chi connectivity index (χ0n) is 20.1. The van der Waals surface area contributed by atoms with E-state index in [9.17, 15) is 9.59 Å². The van der Waals surface area contributed by atoms with Crippen molar-refractivity contribution in [2.75, 3.05) is 7.11 Å². The van der Waals surface area contributed by atoms with Gasteiger partial charge < -0.3 is 9.47 Å². The van der Waals surface area contributed by atoms with Gasteiger partial charge in [0, 0.05) is 5.56 Å². The minimum absolute atomic E-state index is 0.242. The van der Waals surface area contributed by atoms with Gasteiger partial charge in [0.05, 0.1) is 16.5 Å². The molecule has 4 aromatic carbocycles. The first-order valence-corrected chi connectivity index (χ1v) is 13.6. The summed E-state index contributed by atoms with van der Waals surface area (Å²) in [5, 5.41) is 3.37. The van der Waals surface area contributed by atoms with Crippen LogP contribution in [0.1, 0.15) is 21.5 Å². The molecule has 0 saturated carbocycles. The predicted molar refractivity (Wildman–Crippen MR) is 158 cm³/mol. The van der Waals surface area contributed by atoms with E-state index in [0.29, 0.717) is 38.6 Å². The molecule has 0 aliphatic carbocycles. The highest BCUT2D eigenvalue weighted by atomic mass is 79.9. The van der Waals surface area contributed by atoms with Gasteiger partial charge in [0.1, 0.15) is 6.61 Å². The van der Waals surface area contributed by atoms with Gasteiger partial charge in [0.2, 0.25) is 0 Å². The van der Waals surface area contributed by atoms with Crippen molar-refractivity contribution in [1.29, 1.82) is 0 Å². The third-order valence-electron chi connectivity index (χ3n) is 5.84. The number of ether oxygens (including phenoxy) is 2. The van der Waals surface area contributed by atoms with Crippen LogP contribution in [0, 0.1) is 0 Å². The van der Waals surface area contributed by atoms with E-state index >= 15 is 0 Å². The number of fused-ring (bicyclic) bond motifs is 1. The van der Waals surface area contributed by atoms with Crippen LogP contribution in [0.2, 0.25) is 0 Å². The van der Waals surface area contributed by atoms with Crippen molar-refractivity contribution in [1.82, 2.24) is 10.4 Å². The average molecular weight is 606 g/mol. The number of thiocarbonyl (C=S) groups is 1. The Bertz CT molecular complexity index is 1590. The first-order valence-electron chi connectivity index (χ1n) is 11.6. The van der Waals surface area contributed by atoms with Gasteiger partial charge in [0.15, 0.2) is 15.8 Å². The van der Waals surface area contributed by atoms with E-state index in [2.05, 4.69) is 39.6 Å². The Hall–Kier alpha value is -3.66. The van der Waals surface area contributed by atoms with Crippen molar-refractivity contribution >= 4 is 72.9 Å². The number of hydrogen-bond acceptors (Lipinski definition) is 6. The summed E-state index contributed by atoms with van der Waals surface area (Å²) >= 11 is 10.0. The number of carbonyl (C=O) groups is 2. The number of halogens is 1. The van der Waals surface area contributed by atoms with Crippen LogP contribution in [-0.4, -0.2) is 28.3 Å². The first kappa shape index (κ1) is 26.0. The highest BCUT2D eigenvalue weighted by Gasteiger charge is 2.34. The fourth-order valence-corrected chi connectivity index (χ4v) is 5.76. The molecule has 1 aliphatic heterocycles. The fraction of sp³-hybridized carbons (Fsp3) is 0.0690. The molecule has 1 saturated heterocycles. The maximum Gasteiger partial charge on any atom is 0.285 e. The molecule has 9 heteroatoms. The van der Waals surface area contributed by atoms with E-state index in [1.54, 1.807) is 43.5 Å². The third kappa shape index (κ3) is 5.45. The quantitative estimate of drug-likeness (QED) is 0.186. The Morgan fingerprint density at radius 3 is 2.58 bits per heavy atom. The van der Waals surface area contributed by atoms with Crippen LogP contribution >= 0.6 is 39.9 Å². The van der Waals surface area contributed by atoms with Gasteiger partial charge in [-0.25, -0.2) is 0 Å². The molecule has 0 bridgehead atoms. The van der Waals surface area contributed by atoms with E-state index in [0.717, 1.165) is 33.1 Å². The van der Waals surface area contributed by atoms with Crippen molar-refractivity contribution in [2.24, 2.45) is 0 Å². The van der Waals surface area contributed by atoms with Gasteiger partial charge in [-0.1, -0.05) is 72.4 Å². The lowest BCUT2D eigenvalue weighted by Crippen LogP contribution is -2.44. The van der Waals surface area contributed by atoms with Crippen molar-refractivity contribution in [3.63, 3.8) is 0 Å². The lowest BCUT2D eigenvalue weighted by Gasteiger charge is -2.15. The summed E-state index contributed by atoms with van der Waals surface area (Å²) in [6.45, 7) is 0.357. The number of rotatable bonds is 7. The summed E-state index contributed by atoms with van der Waals surface area (Å²) in [4.78, 5) is 25.9. The van der Waals surface area contributed by atoms with E-state index in [4.69, 9.17) is 21.7 Å². The van der Waals surface area contributed by atoms with E-state index in [1.807, 2.05) is 36.4 Å².